The molecule has 0 aromatic heterocycles. The van der Waals surface area contributed by atoms with Crippen LogP contribution >= 0.6 is 27.5 Å². The minimum atomic E-state index is -0.412. The first kappa shape index (κ1) is 14.0. The zero-order valence-electron chi connectivity index (χ0n) is 10.0. The highest BCUT2D eigenvalue weighted by Crippen LogP contribution is 2.24. The van der Waals surface area contributed by atoms with Crippen LogP contribution in [-0.2, 0) is 0 Å². The SMILES string of the molecule is Cc1ccc(NC(=O)c2ccc(F)c(Br)c2)c(Cl)c1. The van der Waals surface area contributed by atoms with Crippen molar-refractivity contribution >= 4 is 39.1 Å². The summed E-state index contributed by atoms with van der Waals surface area (Å²) >= 11 is 9.08. The number of carbonyl (C=O) groups excluding carboxylic acids is 1. The summed E-state index contributed by atoms with van der Waals surface area (Å²) in [7, 11) is 0. The third kappa shape index (κ3) is 3.33. The van der Waals surface area contributed by atoms with Gasteiger partial charge in [0.1, 0.15) is 5.82 Å². The molecule has 98 valence electrons. The van der Waals surface area contributed by atoms with Gasteiger partial charge in [0.05, 0.1) is 15.2 Å². The van der Waals surface area contributed by atoms with Gasteiger partial charge in [0.2, 0.25) is 0 Å². The molecular formula is C14H10BrClFNO. The van der Waals surface area contributed by atoms with Crippen molar-refractivity contribution in [3.63, 3.8) is 0 Å². The molecule has 0 saturated carbocycles. The maximum absolute atomic E-state index is 13.1. The van der Waals surface area contributed by atoms with E-state index < -0.39 is 5.82 Å². The molecule has 0 spiro atoms. The maximum Gasteiger partial charge on any atom is 0.255 e. The van der Waals surface area contributed by atoms with Crippen LogP contribution in [0.25, 0.3) is 0 Å². The summed E-state index contributed by atoms with van der Waals surface area (Å²) in [6.07, 6.45) is 0. The van der Waals surface area contributed by atoms with Crippen molar-refractivity contribution in [3.8, 4) is 0 Å². The van der Waals surface area contributed by atoms with Crippen LogP contribution in [0.1, 0.15) is 15.9 Å². The minimum Gasteiger partial charge on any atom is -0.321 e. The third-order valence-corrected chi connectivity index (χ3v) is 3.47. The molecule has 1 N–H and O–H groups in total. The van der Waals surface area contributed by atoms with Crippen molar-refractivity contribution in [1.29, 1.82) is 0 Å². The zero-order valence-corrected chi connectivity index (χ0v) is 12.3. The van der Waals surface area contributed by atoms with Gasteiger partial charge in [-0.25, -0.2) is 4.39 Å². The van der Waals surface area contributed by atoms with Crippen LogP contribution in [0, 0.1) is 12.7 Å². The molecule has 0 aliphatic carbocycles. The van der Waals surface area contributed by atoms with Crippen LogP contribution in [0.4, 0.5) is 10.1 Å². The van der Waals surface area contributed by atoms with E-state index in [9.17, 15) is 9.18 Å². The first-order valence-corrected chi connectivity index (χ1v) is 6.67. The molecule has 0 atom stereocenters. The highest BCUT2D eigenvalue weighted by atomic mass is 79.9. The number of nitrogens with one attached hydrogen (secondary N) is 1. The lowest BCUT2D eigenvalue weighted by molar-refractivity contribution is 0.102. The second kappa shape index (κ2) is 5.72. The molecule has 2 aromatic rings. The first-order chi connectivity index (χ1) is 8.97. The summed E-state index contributed by atoms with van der Waals surface area (Å²) in [5.74, 6) is -0.753. The van der Waals surface area contributed by atoms with Crippen LogP contribution in [0.5, 0.6) is 0 Å². The summed E-state index contributed by atoms with van der Waals surface area (Å²) in [6.45, 7) is 1.91. The van der Waals surface area contributed by atoms with Gasteiger partial charge in [0.15, 0.2) is 0 Å². The van der Waals surface area contributed by atoms with Crippen LogP contribution in [-0.4, -0.2) is 5.91 Å². The molecular weight excluding hydrogens is 333 g/mol. The summed E-state index contributed by atoms with van der Waals surface area (Å²) in [6, 6.07) is 9.41. The van der Waals surface area contributed by atoms with E-state index in [1.165, 1.54) is 18.2 Å². The third-order valence-electron chi connectivity index (χ3n) is 2.55. The number of halogens is 3. The van der Waals surface area contributed by atoms with Gasteiger partial charge in [-0.15, -0.1) is 0 Å². The molecule has 2 rings (SSSR count). The molecule has 0 fully saturated rings. The quantitative estimate of drug-likeness (QED) is 0.834. The molecule has 1 amide bonds. The second-order valence-corrected chi connectivity index (χ2v) is 5.33. The number of rotatable bonds is 2. The van der Waals surface area contributed by atoms with Crippen molar-refractivity contribution in [2.45, 2.75) is 6.92 Å². The topological polar surface area (TPSA) is 29.1 Å². The van der Waals surface area contributed by atoms with Crippen LogP contribution in [0.3, 0.4) is 0 Å². The lowest BCUT2D eigenvalue weighted by atomic mass is 10.2. The predicted octanol–water partition coefficient (Wildman–Crippen LogP) is 4.80. The van der Waals surface area contributed by atoms with Gasteiger partial charge in [0.25, 0.3) is 5.91 Å². The Morgan fingerprint density at radius 2 is 2.00 bits per heavy atom. The van der Waals surface area contributed by atoms with Crippen molar-refractivity contribution < 1.29 is 9.18 Å². The van der Waals surface area contributed by atoms with E-state index in [4.69, 9.17) is 11.6 Å². The summed E-state index contributed by atoms with van der Waals surface area (Å²) < 4.78 is 13.3. The molecule has 0 aliphatic heterocycles. The second-order valence-electron chi connectivity index (χ2n) is 4.07. The van der Waals surface area contributed by atoms with E-state index in [-0.39, 0.29) is 10.4 Å². The monoisotopic (exact) mass is 341 g/mol. The molecule has 5 heteroatoms. The van der Waals surface area contributed by atoms with Gasteiger partial charge in [-0.3, -0.25) is 4.79 Å². The van der Waals surface area contributed by atoms with Crippen molar-refractivity contribution in [1.82, 2.24) is 0 Å². The van der Waals surface area contributed by atoms with Gasteiger partial charge >= 0.3 is 0 Å². The Morgan fingerprint density at radius 3 is 2.63 bits per heavy atom. The highest BCUT2D eigenvalue weighted by Gasteiger charge is 2.10. The molecule has 2 nitrogen and oxygen atoms in total. The Labute approximate surface area is 123 Å². The van der Waals surface area contributed by atoms with E-state index in [2.05, 4.69) is 21.2 Å². The van der Waals surface area contributed by atoms with Gasteiger partial charge in [-0.05, 0) is 58.7 Å². The van der Waals surface area contributed by atoms with Gasteiger partial charge in [-0.1, -0.05) is 17.7 Å². The number of anilines is 1. The fourth-order valence-electron chi connectivity index (χ4n) is 1.55. The minimum absolute atomic E-state index is 0.246. The van der Waals surface area contributed by atoms with E-state index in [1.54, 1.807) is 12.1 Å². The van der Waals surface area contributed by atoms with E-state index in [0.29, 0.717) is 16.3 Å². The standard InChI is InChI=1S/C14H10BrClFNO/c1-8-2-5-13(11(16)6-8)18-14(19)9-3-4-12(17)10(15)7-9/h2-7H,1H3,(H,18,19). The Morgan fingerprint density at radius 1 is 1.26 bits per heavy atom. The molecule has 0 heterocycles. The van der Waals surface area contributed by atoms with Crippen LogP contribution in [0.15, 0.2) is 40.9 Å². The van der Waals surface area contributed by atoms with Crippen LogP contribution in [0.2, 0.25) is 5.02 Å². The maximum atomic E-state index is 13.1. The summed E-state index contributed by atoms with van der Waals surface area (Å²) in [5.41, 5.74) is 1.88. The van der Waals surface area contributed by atoms with Crippen LogP contribution < -0.4 is 5.32 Å². The molecule has 0 saturated heterocycles. The fourth-order valence-corrected chi connectivity index (χ4v) is 2.21. The number of amides is 1. The molecule has 0 radical (unpaired) electrons. The largest absolute Gasteiger partial charge is 0.321 e. The predicted molar refractivity (Wildman–Crippen MR) is 78.2 cm³/mol. The smallest absolute Gasteiger partial charge is 0.255 e. The van der Waals surface area contributed by atoms with Crippen molar-refractivity contribution in [3.05, 3.63) is 62.8 Å². The Hall–Kier alpha value is -1.39. The number of hydrogen-bond donors (Lipinski definition) is 1. The molecule has 0 unspecified atom stereocenters. The molecule has 0 aliphatic rings. The molecule has 0 bridgehead atoms. The van der Waals surface area contributed by atoms with E-state index >= 15 is 0 Å². The summed E-state index contributed by atoms with van der Waals surface area (Å²) in [4.78, 5) is 12.0. The zero-order chi connectivity index (χ0) is 14.0. The number of hydrogen-bond acceptors (Lipinski definition) is 1. The van der Waals surface area contributed by atoms with Crippen molar-refractivity contribution in [2.75, 3.05) is 5.32 Å². The average molecular weight is 343 g/mol. The number of carbonyl (C=O) groups is 1. The van der Waals surface area contributed by atoms with E-state index in [0.717, 1.165) is 5.56 Å². The van der Waals surface area contributed by atoms with Crippen molar-refractivity contribution in [2.24, 2.45) is 0 Å². The Balaban J connectivity index is 2.23. The highest BCUT2D eigenvalue weighted by molar-refractivity contribution is 9.10. The first-order valence-electron chi connectivity index (χ1n) is 5.50. The summed E-state index contributed by atoms with van der Waals surface area (Å²) in [5, 5.41) is 3.15. The Bertz CT molecular complexity index is 645. The fraction of sp³-hybridized carbons (Fsp3) is 0.0714. The van der Waals surface area contributed by atoms with Gasteiger partial charge in [-0.2, -0.15) is 0 Å². The van der Waals surface area contributed by atoms with E-state index in [1.807, 2.05) is 13.0 Å². The Kier molecular flexibility index (Phi) is 4.22. The molecule has 2 aromatic carbocycles. The van der Waals surface area contributed by atoms with Gasteiger partial charge < -0.3 is 5.32 Å². The van der Waals surface area contributed by atoms with Gasteiger partial charge in [0, 0.05) is 5.56 Å². The number of benzene rings is 2. The lowest BCUT2D eigenvalue weighted by Gasteiger charge is -2.08. The average Bonchev–Trinajstić information content (AvgIpc) is 2.36. The molecule has 19 heavy (non-hydrogen) atoms. The normalized spacial score (nSPS) is 10.3. The number of aryl methyl sites for hydroxylation is 1. The lowest BCUT2D eigenvalue weighted by Crippen LogP contribution is -2.12.